The number of carboxylic acids is 1. The SMILES string of the molecule is COc1ccc([N+](=O)[O-])c(N2CCCC(C)C2C(=O)O)n1. The van der Waals surface area contributed by atoms with Crippen LogP contribution in [0, 0.1) is 16.0 Å². The second-order valence-corrected chi connectivity index (χ2v) is 5.05. The maximum Gasteiger partial charge on any atom is 0.326 e. The van der Waals surface area contributed by atoms with Crippen LogP contribution in [0.1, 0.15) is 19.8 Å². The highest BCUT2D eigenvalue weighted by Gasteiger charge is 2.38. The van der Waals surface area contributed by atoms with Gasteiger partial charge in [-0.15, -0.1) is 0 Å². The molecule has 1 saturated heterocycles. The normalized spacial score (nSPS) is 21.9. The van der Waals surface area contributed by atoms with Gasteiger partial charge in [0.15, 0.2) is 0 Å². The summed E-state index contributed by atoms with van der Waals surface area (Å²) in [6.45, 7) is 2.25. The molecule has 8 heteroatoms. The number of nitrogens with zero attached hydrogens (tertiary/aromatic N) is 3. The Hall–Kier alpha value is -2.38. The molecular weight excluding hydrogens is 278 g/mol. The number of hydrogen-bond acceptors (Lipinski definition) is 6. The van der Waals surface area contributed by atoms with Gasteiger partial charge in [-0.3, -0.25) is 10.1 Å². The lowest BCUT2D eigenvalue weighted by Gasteiger charge is -2.37. The van der Waals surface area contributed by atoms with E-state index < -0.39 is 16.9 Å². The molecule has 8 nitrogen and oxygen atoms in total. The van der Waals surface area contributed by atoms with Gasteiger partial charge in [-0.1, -0.05) is 6.92 Å². The number of rotatable bonds is 4. The quantitative estimate of drug-likeness (QED) is 0.665. The zero-order chi connectivity index (χ0) is 15.6. The fourth-order valence-corrected chi connectivity index (χ4v) is 2.69. The van der Waals surface area contributed by atoms with E-state index in [4.69, 9.17) is 4.74 Å². The van der Waals surface area contributed by atoms with Gasteiger partial charge in [-0.25, -0.2) is 4.79 Å². The van der Waals surface area contributed by atoms with Gasteiger partial charge in [0.2, 0.25) is 11.7 Å². The van der Waals surface area contributed by atoms with Crippen LogP contribution in [-0.2, 0) is 4.79 Å². The van der Waals surface area contributed by atoms with Gasteiger partial charge in [0.1, 0.15) is 6.04 Å². The van der Waals surface area contributed by atoms with Crippen LogP contribution in [0.4, 0.5) is 11.5 Å². The molecule has 0 bridgehead atoms. The average molecular weight is 295 g/mol. The molecule has 0 aliphatic carbocycles. The summed E-state index contributed by atoms with van der Waals surface area (Å²) in [5, 5.41) is 20.6. The third-order valence-electron chi connectivity index (χ3n) is 3.69. The minimum atomic E-state index is -0.999. The fourth-order valence-electron chi connectivity index (χ4n) is 2.69. The van der Waals surface area contributed by atoms with E-state index in [2.05, 4.69) is 4.98 Å². The van der Waals surface area contributed by atoms with Crippen molar-refractivity contribution in [3.8, 4) is 5.88 Å². The van der Waals surface area contributed by atoms with Crippen molar-refractivity contribution in [1.82, 2.24) is 4.98 Å². The Morgan fingerprint density at radius 1 is 1.57 bits per heavy atom. The number of nitro groups is 1. The van der Waals surface area contributed by atoms with E-state index in [1.54, 1.807) is 0 Å². The first-order chi connectivity index (χ1) is 9.95. The summed E-state index contributed by atoms with van der Waals surface area (Å²) in [6.07, 6.45) is 1.53. The number of aromatic nitrogens is 1. The molecule has 0 radical (unpaired) electrons. The maximum atomic E-state index is 11.5. The molecule has 1 aromatic rings. The van der Waals surface area contributed by atoms with Crippen LogP contribution >= 0.6 is 0 Å². The number of anilines is 1. The number of ether oxygens (including phenoxy) is 1. The fraction of sp³-hybridized carbons (Fsp3) is 0.538. The minimum absolute atomic E-state index is 0.0540. The lowest BCUT2D eigenvalue weighted by Crippen LogP contribution is -2.50. The summed E-state index contributed by atoms with van der Waals surface area (Å²) in [7, 11) is 1.41. The van der Waals surface area contributed by atoms with Crippen molar-refractivity contribution in [2.24, 2.45) is 5.92 Å². The molecule has 1 fully saturated rings. The number of carboxylic acid groups (broad SMARTS) is 1. The summed E-state index contributed by atoms with van der Waals surface area (Å²) < 4.78 is 5.00. The van der Waals surface area contributed by atoms with Crippen LogP contribution in [0.25, 0.3) is 0 Å². The summed E-state index contributed by atoms with van der Waals surface area (Å²) in [5.41, 5.74) is -0.212. The first-order valence-corrected chi connectivity index (χ1v) is 6.64. The summed E-state index contributed by atoms with van der Waals surface area (Å²) >= 11 is 0. The van der Waals surface area contributed by atoms with Crippen LogP contribution in [0.15, 0.2) is 12.1 Å². The summed E-state index contributed by atoms with van der Waals surface area (Å²) in [4.78, 5) is 27.7. The molecule has 1 aliphatic rings. The van der Waals surface area contributed by atoms with E-state index in [1.807, 2.05) is 6.92 Å². The Balaban J connectivity index is 2.51. The van der Waals surface area contributed by atoms with Crippen LogP contribution in [0.3, 0.4) is 0 Å². The molecule has 2 rings (SSSR count). The minimum Gasteiger partial charge on any atom is -0.481 e. The van der Waals surface area contributed by atoms with Gasteiger partial charge in [-0.05, 0) is 18.8 Å². The maximum absolute atomic E-state index is 11.5. The highest BCUT2D eigenvalue weighted by Crippen LogP contribution is 2.34. The molecule has 0 saturated carbocycles. The van der Waals surface area contributed by atoms with Crippen molar-refractivity contribution in [2.75, 3.05) is 18.6 Å². The van der Waals surface area contributed by atoms with Crippen LogP contribution in [-0.4, -0.2) is 40.7 Å². The molecule has 0 spiro atoms. The van der Waals surface area contributed by atoms with Gasteiger partial charge in [0.25, 0.3) is 0 Å². The first kappa shape index (κ1) is 15.0. The van der Waals surface area contributed by atoms with Crippen molar-refractivity contribution < 1.29 is 19.6 Å². The molecule has 2 atom stereocenters. The second kappa shape index (κ2) is 5.94. The largest absolute Gasteiger partial charge is 0.481 e. The molecule has 2 unspecified atom stereocenters. The van der Waals surface area contributed by atoms with E-state index >= 15 is 0 Å². The lowest BCUT2D eigenvalue weighted by atomic mass is 9.90. The number of methoxy groups -OCH3 is 1. The van der Waals surface area contributed by atoms with Crippen LogP contribution in [0.5, 0.6) is 5.88 Å². The predicted molar refractivity (Wildman–Crippen MR) is 74.6 cm³/mol. The van der Waals surface area contributed by atoms with E-state index in [1.165, 1.54) is 24.1 Å². The second-order valence-electron chi connectivity index (χ2n) is 5.05. The summed E-state index contributed by atoms with van der Waals surface area (Å²) in [6, 6.07) is 1.86. The molecule has 0 aromatic carbocycles. The number of piperidine rings is 1. The van der Waals surface area contributed by atoms with Crippen molar-refractivity contribution >= 4 is 17.5 Å². The van der Waals surface area contributed by atoms with Crippen molar-refractivity contribution in [3.63, 3.8) is 0 Å². The highest BCUT2D eigenvalue weighted by atomic mass is 16.6. The van der Waals surface area contributed by atoms with Gasteiger partial charge in [0, 0.05) is 18.7 Å². The zero-order valence-electron chi connectivity index (χ0n) is 11.9. The number of hydrogen-bond donors (Lipinski definition) is 1. The van der Waals surface area contributed by atoms with Gasteiger partial charge in [0.05, 0.1) is 12.0 Å². The van der Waals surface area contributed by atoms with E-state index in [0.29, 0.717) is 6.54 Å². The third-order valence-corrected chi connectivity index (χ3v) is 3.69. The molecular formula is C13H17N3O5. The highest BCUT2D eigenvalue weighted by molar-refractivity contribution is 5.80. The van der Waals surface area contributed by atoms with Crippen LogP contribution in [0.2, 0.25) is 0 Å². The van der Waals surface area contributed by atoms with Crippen LogP contribution < -0.4 is 9.64 Å². The topological polar surface area (TPSA) is 106 Å². The molecule has 0 amide bonds. The smallest absolute Gasteiger partial charge is 0.326 e. The Morgan fingerprint density at radius 2 is 2.29 bits per heavy atom. The van der Waals surface area contributed by atoms with E-state index in [9.17, 15) is 20.0 Å². The number of aliphatic carboxylic acids is 1. The van der Waals surface area contributed by atoms with Gasteiger partial charge in [-0.2, -0.15) is 4.98 Å². The Kier molecular flexibility index (Phi) is 4.25. The zero-order valence-corrected chi connectivity index (χ0v) is 11.9. The molecule has 114 valence electrons. The Bertz CT molecular complexity index is 563. The monoisotopic (exact) mass is 295 g/mol. The van der Waals surface area contributed by atoms with Gasteiger partial charge >= 0.3 is 11.7 Å². The predicted octanol–water partition coefficient (Wildman–Crippen LogP) is 1.69. The number of pyridine rings is 1. The summed E-state index contributed by atoms with van der Waals surface area (Å²) in [5.74, 6) is -0.832. The molecule has 1 aliphatic heterocycles. The lowest BCUT2D eigenvalue weighted by molar-refractivity contribution is -0.384. The van der Waals surface area contributed by atoms with Crippen molar-refractivity contribution in [1.29, 1.82) is 0 Å². The van der Waals surface area contributed by atoms with E-state index in [-0.39, 0.29) is 23.3 Å². The standard InChI is InChI=1S/C13H17N3O5/c1-8-4-3-7-15(11(8)13(17)18)12-9(16(19)20)5-6-10(14-12)21-2/h5-6,8,11H,3-4,7H2,1-2H3,(H,17,18). The van der Waals surface area contributed by atoms with Gasteiger partial charge < -0.3 is 14.7 Å². The van der Waals surface area contributed by atoms with E-state index in [0.717, 1.165) is 12.8 Å². The molecule has 2 heterocycles. The molecule has 21 heavy (non-hydrogen) atoms. The third kappa shape index (κ3) is 2.88. The molecule has 1 N–H and O–H groups in total. The number of carbonyl (C=O) groups is 1. The Morgan fingerprint density at radius 3 is 2.86 bits per heavy atom. The average Bonchev–Trinajstić information content (AvgIpc) is 2.45. The first-order valence-electron chi connectivity index (χ1n) is 6.64. The van der Waals surface area contributed by atoms with Crippen molar-refractivity contribution in [2.45, 2.75) is 25.8 Å². The Labute approximate surface area is 121 Å². The molecule has 1 aromatic heterocycles. The van der Waals surface area contributed by atoms with Crippen molar-refractivity contribution in [3.05, 3.63) is 22.2 Å².